The van der Waals surface area contributed by atoms with Crippen molar-refractivity contribution in [2.24, 2.45) is 0 Å². The lowest BCUT2D eigenvalue weighted by atomic mass is 10.1. The van der Waals surface area contributed by atoms with E-state index in [0.717, 1.165) is 54.6 Å². The highest BCUT2D eigenvalue weighted by atomic mass is 35.5. The summed E-state index contributed by atoms with van der Waals surface area (Å²) in [6, 6.07) is 16.5. The van der Waals surface area contributed by atoms with Gasteiger partial charge in [-0.3, -0.25) is 9.59 Å². The fraction of sp³-hybridized carbons (Fsp3) is 0.438. The standard InChI is InChI=1S/C32H38Cl2N4O3/c1-41-29-8-7-23-17-25(6-5-24(23)18-29)31(39)35-20-28-9-14-38(21-22-15-26(33)19-27(34)16-22)32(40)30(36-28)10-13-37-11-3-2-4-12-37/h5-8,15-19,28,30,36H,2-4,9-14,20-21H2,1H3,(H,35,39). The van der Waals surface area contributed by atoms with Crippen LogP contribution in [-0.2, 0) is 11.3 Å². The molecule has 2 aliphatic rings. The van der Waals surface area contributed by atoms with Gasteiger partial charge in [0.2, 0.25) is 5.91 Å². The average Bonchev–Trinajstić information content (AvgIpc) is 3.12. The number of hydrogen-bond donors (Lipinski definition) is 2. The number of nitrogens with one attached hydrogen (secondary N) is 2. The Morgan fingerprint density at radius 3 is 2.46 bits per heavy atom. The van der Waals surface area contributed by atoms with Crippen molar-refractivity contribution in [2.75, 3.05) is 39.8 Å². The summed E-state index contributed by atoms with van der Waals surface area (Å²) in [5, 5.41) is 9.81. The first kappa shape index (κ1) is 29.6. The third-order valence-electron chi connectivity index (χ3n) is 8.09. The lowest BCUT2D eigenvalue weighted by molar-refractivity contribution is -0.133. The number of hydrogen-bond acceptors (Lipinski definition) is 5. The van der Waals surface area contributed by atoms with E-state index >= 15 is 0 Å². The Labute approximate surface area is 252 Å². The Kier molecular flexibility index (Phi) is 10.0. The highest BCUT2D eigenvalue weighted by Crippen LogP contribution is 2.23. The van der Waals surface area contributed by atoms with Crippen molar-refractivity contribution in [2.45, 2.75) is 50.7 Å². The molecule has 7 nitrogen and oxygen atoms in total. The second-order valence-corrected chi connectivity index (χ2v) is 11.9. The summed E-state index contributed by atoms with van der Waals surface area (Å²) in [5.41, 5.74) is 1.51. The highest BCUT2D eigenvalue weighted by Gasteiger charge is 2.31. The molecule has 2 saturated heterocycles. The van der Waals surface area contributed by atoms with E-state index in [1.807, 2.05) is 53.4 Å². The van der Waals surface area contributed by atoms with Crippen molar-refractivity contribution in [3.63, 3.8) is 0 Å². The predicted octanol–water partition coefficient (Wildman–Crippen LogP) is 5.52. The second kappa shape index (κ2) is 13.9. The maximum atomic E-state index is 13.8. The van der Waals surface area contributed by atoms with Gasteiger partial charge in [-0.05, 0) is 97.6 Å². The van der Waals surface area contributed by atoms with Crippen LogP contribution < -0.4 is 15.4 Å². The molecule has 0 bridgehead atoms. The minimum absolute atomic E-state index is 0.0353. The molecule has 41 heavy (non-hydrogen) atoms. The second-order valence-electron chi connectivity index (χ2n) is 11.1. The molecule has 218 valence electrons. The number of amides is 2. The van der Waals surface area contributed by atoms with Crippen LogP contribution in [0.3, 0.4) is 0 Å². The molecule has 5 rings (SSSR count). The van der Waals surface area contributed by atoms with Crippen LogP contribution in [-0.4, -0.2) is 73.5 Å². The molecule has 3 aromatic carbocycles. The van der Waals surface area contributed by atoms with Crippen LogP contribution in [0.5, 0.6) is 5.75 Å². The van der Waals surface area contributed by atoms with E-state index in [9.17, 15) is 9.59 Å². The number of nitrogens with zero attached hydrogens (tertiary/aromatic N) is 2. The number of ether oxygens (including phenoxy) is 1. The van der Waals surface area contributed by atoms with Crippen molar-refractivity contribution in [1.82, 2.24) is 20.4 Å². The van der Waals surface area contributed by atoms with E-state index in [4.69, 9.17) is 27.9 Å². The Hall–Kier alpha value is -2.84. The fourth-order valence-electron chi connectivity index (χ4n) is 5.83. The Morgan fingerprint density at radius 2 is 1.71 bits per heavy atom. The number of halogens is 2. The van der Waals surface area contributed by atoms with Gasteiger partial charge < -0.3 is 25.2 Å². The molecule has 0 saturated carbocycles. The summed E-state index contributed by atoms with van der Waals surface area (Å²) >= 11 is 12.5. The van der Waals surface area contributed by atoms with E-state index in [1.165, 1.54) is 19.3 Å². The maximum absolute atomic E-state index is 13.8. The summed E-state index contributed by atoms with van der Waals surface area (Å²) < 4.78 is 5.31. The summed E-state index contributed by atoms with van der Waals surface area (Å²) in [4.78, 5) is 31.2. The van der Waals surface area contributed by atoms with E-state index in [1.54, 1.807) is 13.2 Å². The summed E-state index contributed by atoms with van der Waals surface area (Å²) in [7, 11) is 1.64. The van der Waals surface area contributed by atoms with Crippen molar-refractivity contribution < 1.29 is 14.3 Å². The Morgan fingerprint density at radius 1 is 0.976 bits per heavy atom. The summed E-state index contributed by atoms with van der Waals surface area (Å²) in [5.74, 6) is 0.735. The third-order valence-corrected chi connectivity index (χ3v) is 8.53. The predicted molar refractivity (Wildman–Crippen MR) is 165 cm³/mol. The van der Waals surface area contributed by atoms with Crippen LogP contribution in [0.4, 0.5) is 0 Å². The lowest BCUT2D eigenvalue weighted by Gasteiger charge is -2.30. The van der Waals surface area contributed by atoms with E-state index in [0.29, 0.717) is 35.2 Å². The highest BCUT2D eigenvalue weighted by molar-refractivity contribution is 6.34. The summed E-state index contributed by atoms with van der Waals surface area (Å²) in [6.07, 6.45) is 5.15. The van der Waals surface area contributed by atoms with Gasteiger partial charge in [-0.15, -0.1) is 0 Å². The molecular formula is C32H38Cl2N4O3. The normalized spacial score (nSPS) is 20.2. The zero-order valence-electron chi connectivity index (χ0n) is 23.5. The van der Waals surface area contributed by atoms with Gasteiger partial charge in [0.25, 0.3) is 5.91 Å². The van der Waals surface area contributed by atoms with Crippen LogP contribution in [0.1, 0.15) is 48.0 Å². The molecule has 0 aromatic heterocycles. The van der Waals surface area contributed by atoms with Gasteiger partial charge in [-0.25, -0.2) is 0 Å². The SMILES string of the molecule is COc1ccc2cc(C(=O)NCC3CCN(Cc4cc(Cl)cc(Cl)c4)C(=O)C(CCN4CCCCC4)N3)ccc2c1. The largest absolute Gasteiger partial charge is 0.497 e. The number of likely N-dealkylation sites (tertiary alicyclic amines) is 1. The summed E-state index contributed by atoms with van der Waals surface area (Å²) in [6.45, 7) is 4.51. The van der Waals surface area contributed by atoms with E-state index < -0.39 is 0 Å². The lowest BCUT2D eigenvalue weighted by Crippen LogP contribution is -2.50. The quantitative estimate of drug-likeness (QED) is 0.340. The van der Waals surface area contributed by atoms with Crippen LogP contribution in [0.25, 0.3) is 10.8 Å². The van der Waals surface area contributed by atoms with Gasteiger partial charge in [-0.2, -0.15) is 0 Å². The number of carbonyl (C=O) groups excluding carboxylic acids is 2. The van der Waals surface area contributed by atoms with Crippen molar-refractivity contribution in [3.05, 3.63) is 75.8 Å². The molecule has 2 fully saturated rings. The molecule has 2 atom stereocenters. The van der Waals surface area contributed by atoms with Crippen LogP contribution in [0.15, 0.2) is 54.6 Å². The van der Waals surface area contributed by atoms with E-state index in [2.05, 4.69) is 15.5 Å². The Balaban J connectivity index is 1.26. The molecule has 2 unspecified atom stereocenters. The smallest absolute Gasteiger partial charge is 0.251 e. The minimum Gasteiger partial charge on any atom is -0.497 e. The molecule has 2 amide bonds. The maximum Gasteiger partial charge on any atom is 0.251 e. The van der Waals surface area contributed by atoms with E-state index in [-0.39, 0.29) is 23.9 Å². The first-order valence-electron chi connectivity index (χ1n) is 14.5. The monoisotopic (exact) mass is 596 g/mol. The van der Waals surface area contributed by atoms with Gasteiger partial charge in [0, 0.05) is 47.8 Å². The fourth-order valence-corrected chi connectivity index (χ4v) is 6.40. The van der Waals surface area contributed by atoms with Crippen LogP contribution in [0, 0.1) is 0 Å². The topological polar surface area (TPSA) is 73.9 Å². The Bertz CT molecular complexity index is 1360. The first-order valence-corrected chi connectivity index (χ1v) is 15.2. The molecule has 9 heteroatoms. The third kappa shape index (κ3) is 7.92. The molecule has 2 N–H and O–H groups in total. The van der Waals surface area contributed by atoms with Crippen molar-refractivity contribution >= 4 is 45.8 Å². The number of rotatable bonds is 9. The van der Waals surface area contributed by atoms with Crippen LogP contribution in [0.2, 0.25) is 10.0 Å². The van der Waals surface area contributed by atoms with Gasteiger partial charge in [0.1, 0.15) is 5.75 Å². The molecular weight excluding hydrogens is 559 g/mol. The van der Waals surface area contributed by atoms with Gasteiger partial charge >= 0.3 is 0 Å². The number of carbonyl (C=O) groups is 2. The van der Waals surface area contributed by atoms with Gasteiger partial charge in [0.05, 0.1) is 13.2 Å². The van der Waals surface area contributed by atoms with Gasteiger partial charge in [-0.1, -0.05) is 41.8 Å². The molecule has 2 aliphatic heterocycles. The molecule has 2 heterocycles. The number of piperidine rings is 1. The zero-order valence-corrected chi connectivity index (χ0v) is 25.0. The number of methoxy groups -OCH3 is 1. The molecule has 0 radical (unpaired) electrons. The zero-order chi connectivity index (χ0) is 28.8. The first-order chi connectivity index (χ1) is 19.9. The van der Waals surface area contributed by atoms with Crippen LogP contribution >= 0.6 is 23.2 Å². The molecule has 0 aliphatic carbocycles. The average molecular weight is 598 g/mol. The van der Waals surface area contributed by atoms with Gasteiger partial charge in [0.15, 0.2) is 0 Å². The minimum atomic E-state index is -0.327. The number of benzene rings is 3. The number of fused-ring (bicyclic) bond motifs is 1. The molecule has 0 spiro atoms. The van der Waals surface area contributed by atoms with Crippen molar-refractivity contribution in [3.8, 4) is 5.75 Å². The molecule has 3 aromatic rings. The van der Waals surface area contributed by atoms with Crippen molar-refractivity contribution in [1.29, 1.82) is 0 Å².